The molecule has 1 atom stereocenters. The van der Waals surface area contributed by atoms with Crippen LogP contribution in [0.3, 0.4) is 0 Å². The van der Waals surface area contributed by atoms with Crippen molar-refractivity contribution in [2.45, 2.75) is 31.7 Å². The van der Waals surface area contributed by atoms with Crippen LogP contribution in [0.5, 0.6) is 5.75 Å². The minimum Gasteiger partial charge on any atom is -0.483 e. The molecule has 0 aromatic heterocycles. The van der Waals surface area contributed by atoms with Crippen molar-refractivity contribution >= 4 is 33.4 Å². The highest BCUT2D eigenvalue weighted by molar-refractivity contribution is 9.10. The number of benzene rings is 1. The highest BCUT2D eigenvalue weighted by atomic mass is 79.9. The second-order valence-electron chi connectivity index (χ2n) is 5.11. The van der Waals surface area contributed by atoms with Crippen LogP contribution in [0.4, 0.5) is 0 Å². The van der Waals surface area contributed by atoms with E-state index < -0.39 is 0 Å². The molecular formula is C15H19BrClNO3. The van der Waals surface area contributed by atoms with Crippen LogP contribution in [0.2, 0.25) is 5.02 Å². The summed E-state index contributed by atoms with van der Waals surface area (Å²) in [5.41, 5.74) is 0. The third-order valence-corrected chi connectivity index (χ3v) is 4.49. The Kier molecular flexibility index (Phi) is 6.33. The van der Waals surface area contributed by atoms with Gasteiger partial charge in [-0.1, -0.05) is 11.6 Å². The number of carbonyl (C=O) groups excluding carboxylic acids is 1. The Morgan fingerprint density at radius 1 is 1.52 bits per heavy atom. The molecule has 1 heterocycles. The minimum atomic E-state index is -0.00251. The fourth-order valence-electron chi connectivity index (χ4n) is 2.61. The number of amides is 1. The lowest BCUT2D eigenvalue weighted by Gasteiger charge is -2.24. The van der Waals surface area contributed by atoms with E-state index in [2.05, 4.69) is 15.9 Å². The highest BCUT2D eigenvalue weighted by Crippen LogP contribution is 2.28. The number of carbonyl (C=O) groups is 1. The minimum absolute atomic E-state index is 0.00251. The zero-order valence-electron chi connectivity index (χ0n) is 11.7. The number of nitrogens with zero attached hydrogens (tertiary/aromatic N) is 1. The molecule has 2 rings (SSSR count). The van der Waals surface area contributed by atoms with Crippen molar-refractivity contribution in [2.24, 2.45) is 0 Å². The van der Waals surface area contributed by atoms with E-state index in [-0.39, 0.29) is 25.2 Å². The summed E-state index contributed by atoms with van der Waals surface area (Å²) in [6, 6.07) is 5.45. The SMILES string of the molecule is O=C(COc1ccc(Cl)cc1Br)N1CCCC1CCCO. The lowest BCUT2D eigenvalue weighted by atomic mass is 10.1. The van der Waals surface area contributed by atoms with Gasteiger partial charge in [0.05, 0.1) is 4.47 Å². The van der Waals surface area contributed by atoms with Gasteiger partial charge in [0.1, 0.15) is 5.75 Å². The first-order valence-corrected chi connectivity index (χ1v) is 8.27. The van der Waals surface area contributed by atoms with Crippen LogP contribution >= 0.6 is 27.5 Å². The maximum absolute atomic E-state index is 12.3. The van der Waals surface area contributed by atoms with Crippen LogP contribution in [0, 0.1) is 0 Å². The van der Waals surface area contributed by atoms with Gasteiger partial charge in [0.2, 0.25) is 0 Å². The van der Waals surface area contributed by atoms with Crippen LogP contribution < -0.4 is 4.74 Å². The average molecular weight is 377 g/mol. The van der Waals surface area contributed by atoms with Crippen molar-refractivity contribution < 1.29 is 14.6 Å². The van der Waals surface area contributed by atoms with Crippen LogP contribution in [-0.2, 0) is 4.79 Å². The Bertz CT molecular complexity index is 498. The predicted molar refractivity (Wildman–Crippen MR) is 85.7 cm³/mol. The van der Waals surface area contributed by atoms with Crippen LogP contribution in [-0.4, -0.2) is 41.7 Å². The molecule has 0 radical (unpaired) electrons. The average Bonchev–Trinajstić information content (AvgIpc) is 2.92. The van der Waals surface area contributed by atoms with E-state index in [4.69, 9.17) is 21.4 Å². The van der Waals surface area contributed by atoms with Gasteiger partial charge in [-0.15, -0.1) is 0 Å². The van der Waals surface area contributed by atoms with Crippen LogP contribution in [0.1, 0.15) is 25.7 Å². The van der Waals surface area contributed by atoms with Gasteiger partial charge in [-0.3, -0.25) is 4.79 Å². The number of likely N-dealkylation sites (tertiary alicyclic amines) is 1. The van der Waals surface area contributed by atoms with Gasteiger partial charge in [-0.25, -0.2) is 0 Å². The molecule has 1 aliphatic heterocycles. The fraction of sp³-hybridized carbons (Fsp3) is 0.533. The van der Waals surface area contributed by atoms with E-state index >= 15 is 0 Å². The molecule has 1 aromatic carbocycles. The van der Waals surface area contributed by atoms with E-state index in [1.807, 2.05) is 4.90 Å². The lowest BCUT2D eigenvalue weighted by molar-refractivity contribution is -0.134. The first-order chi connectivity index (χ1) is 10.1. The first kappa shape index (κ1) is 16.6. The molecule has 116 valence electrons. The number of ether oxygens (including phenoxy) is 1. The van der Waals surface area contributed by atoms with Crippen molar-refractivity contribution in [1.82, 2.24) is 4.90 Å². The summed E-state index contributed by atoms with van der Waals surface area (Å²) in [6.45, 7) is 0.975. The quantitative estimate of drug-likeness (QED) is 0.829. The monoisotopic (exact) mass is 375 g/mol. The fourth-order valence-corrected chi connectivity index (χ4v) is 3.40. The number of aliphatic hydroxyl groups is 1. The standard InChI is InChI=1S/C15H19BrClNO3/c16-13-9-11(17)5-6-14(13)21-10-15(20)18-7-1-3-12(18)4-2-8-19/h5-6,9,12,19H,1-4,7-8,10H2. The normalized spacial score (nSPS) is 18.0. The van der Waals surface area contributed by atoms with Crippen molar-refractivity contribution in [3.05, 3.63) is 27.7 Å². The predicted octanol–water partition coefficient (Wildman–Crippen LogP) is 3.24. The van der Waals surface area contributed by atoms with Gasteiger partial charge in [0.15, 0.2) is 6.61 Å². The summed E-state index contributed by atoms with van der Waals surface area (Å²) in [5, 5.41) is 9.53. The molecule has 1 unspecified atom stereocenters. The second-order valence-corrected chi connectivity index (χ2v) is 6.40. The summed E-state index contributed by atoms with van der Waals surface area (Å²) in [7, 11) is 0. The van der Waals surface area contributed by atoms with E-state index in [9.17, 15) is 4.79 Å². The van der Waals surface area contributed by atoms with Crippen molar-refractivity contribution in [3.63, 3.8) is 0 Å². The highest BCUT2D eigenvalue weighted by Gasteiger charge is 2.28. The van der Waals surface area contributed by atoms with E-state index in [0.29, 0.717) is 10.8 Å². The number of halogens is 2. The van der Waals surface area contributed by atoms with E-state index in [1.54, 1.807) is 18.2 Å². The number of hydrogen-bond donors (Lipinski definition) is 1. The van der Waals surface area contributed by atoms with Gasteiger partial charge in [-0.05, 0) is 59.8 Å². The number of hydrogen-bond acceptors (Lipinski definition) is 3. The molecule has 6 heteroatoms. The number of aliphatic hydroxyl groups excluding tert-OH is 1. The Balaban J connectivity index is 1.88. The Morgan fingerprint density at radius 3 is 3.05 bits per heavy atom. The largest absolute Gasteiger partial charge is 0.483 e. The molecule has 1 aromatic rings. The smallest absolute Gasteiger partial charge is 0.260 e. The van der Waals surface area contributed by atoms with Crippen molar-refractivity contribution in [3.8, 4) is 5.75 Å². The second kappa shape index (κ2) is 8.01. The molecule has 1 fully saturated rings. The third kappa shape index (κ3) is 4.59. The van der Waals surface area contributed by atoms with Crippen molar-refractivity contribution in [1.29, 1.82) is 0 Å². The van der Waals surface area contributed by atoms with Gasteiger partial charge < -0.3 is 14.7 Å². The first-order valence-electron chi connectivity index (χ1n) is 7.10. The van der Waals surface area contributed by atoms with Gasteiger partial charge in [0, 0.05) is 24.2 Å². The molecular weight excluding hydrogens is 358 g/mol. The summed E-state index contributed by atoms with van der Waals surface area (Å²) in [6.07, 6.45) is 3.62. The van der Waals surface area contributed by atoms with E-state index in [0.717, 1.165) is 36.7 Å². The molecule has 21 heavy (non-hydrogen) atoms. The molecule has 1 N–H and O–H groups in total. The molecule has 1 aliphatic rings. The summed E-state index contributed by atoms with van der Waals surface area (Å²) in [4.78, 5) is 14.1. The maximum Gasteiger partial charge on any atom is 0.260 e. The molecule has 0 aliphatic carbocycles. The molecule has 1 amide bonds. The summed E-state index contributed by atoms with van der Waals surface area (Å²) in [5.74, 6) is 0.608. The molecule has 1 saturated heterocycles. The maximum atomic E-state index is 12.3. The summed E-state index contributed by atoms with van der Waals surface area (Å²) < 4.78 is 6.31. The van der Waals surface area contributed by atoms with Gasteiger partial charge in [0.25, 0.3) is 5.91 Å². The van der Waals surface area contributed by atoms with Gasteiger partial charge >= 0.3 is 0 Å². The molecule has 4 nitrogen and oxygen atoms in total. The molecule has 0 saturated carbocycles. The van der Waals surface area contributed by atoms with Gasteiger partial charge in [-0.2, -0.15) is 0 Å². The van der Waals surface area contributed by atoms with Crippen molar-refractivity contribution in [2.75, 3.05) is 19.8 Å². The Labute approximate surface area is 138 Å². The molecule has 0 spiro atoms. The van der Waals surface area contributed by atoms with E-state index in [1.165, 1.54) is 0 Å². The van der Waals surface area contributed by atoms with Crippen LogP contribution in [0.25, 0.3) is 0 Å². The van der Waals surface area contributed by atoms with Crippen LogP contribution in [0.15, 0.2) is 22.7 Å². The topological polar surface area (TPSA) is 49.8 Å². The molecule has 0 bridgehead atoms. The lowest BCUT2D eigenvalue weighted by Crippen LogP contribution is -2.38. The zero-order valence-corrected chi connectivity index (χ0v) is 14.1. The number of rotatable bonds is 6. The summed E-state index contributed by atoms with van der Waals surface area (Å²) >= 11 is 9.23. The Morgan fingerprint density at radius 2 is 2.33 bits per heavy atom. The third-order valence-electron chi connectivity index (χ3n) is 3.64. The zero-order chi connectivity index (χ0) is 15.2. The Hall–Kier alpha value is -0.780.